The van der Waals surface area contributed by atoms with Gasteiger partial charge in [-0.25, -0.2) is 9.48 Å². The molecule has 2 aromatic rings. The lowest BCUT2D eigenvalue weighted by molar-refractivity contribution is -0.142. The van der Waals surface area contributed by atoms with Crippen LogP contribution in [0.3, 0.4) is 0 Å². The van der Waals surface area contributed by atoms with Crippen molar-refractivity contribution in [3.63, 3.8) is 0 Å². The van der Waals surface area contributed by atoms with Crippen LogP contribution in [0, 0.1) is 5.92 Å². The summed E-state index contributed by atoms with van der Waals surface area (Å²) < 4.78 is 11.7. The van der Waals surface area contributed by atoms with Gasteiger partial charge in [-0.1, -0.05) is 25.7 Å². The summed E-state index contributed by atoms with van der Waals surface area (Å²) in [6.07, 6.45) is 6.06. The SMILES string of the molecule is COc1ccc(Oc2cnn(C(CC3CCCC3)C(=O)O)c(=O)c2)cc1. The van der Waals surface area contributed by atoms with Crippen LogP contribution < -0.4 is 15.0 Å². The van der Waals surface area contributed by atoms with E-state index in [0.717, 1.165) is 30.4 Å². The number of ether oxygens (including phenoxy) is 2. The number of nitrogens with zero attached hydrogens (tertiary/aromatic N) is 2. The van der Waals surface area contributed by atoms with Crippen molar-refractivity contribution in [2.24, 2.45) is 5.92 Å². The summed E-state index contributed by atoms with van der Waals surface area (Å²) in [6, 6.07) is 7.23. The number of aromatic nitrogens is 2. The van der Waals surface area contributed by atoms with Gasteiger partial charge >= 0.3 is 5.97 Å². The first kappa shape index (κ1) is 18.0. The molecule has 1 N–H and O–H groups in total. The molecule has 3 rings (SSSR count). The smallest absolute Gasteiger partial charge is 0.328 e. The third-order valence-electron chi connectivity index (χ3n) is 4.71. The second-order valence-electron chi connectivity index (χ2n) is 6.49. The Morgan fingerprint density at radius 3 is 2.46 bits per heavy atom. The Morgan fingerprint density at radius 2 is 1.88 bits per heavy atom. The topological polar surface area (TPSA) is 90.7 Å². The molecule has 1 aromatic heterocycles. The van der Waals surface area contributed by atoms with E-state index in [-0.39, 0.29) is 5.75 Å². The molecule has 1 unspecified atom stereocenters. The Morgan fingerprint density at radius 1 is 1.23 bits per heavy atom. The van der Waals surface area contributed by atoms with Crippen molar-refractivity contribution < 1.29 is 19.4 Å². The molecule has 1 aliphatic rings. The van der Waals surface area contributed by atoms with Crippen molar-refractivity contribution in [1.82, 2.24) is 9.78 Å². The quantitative estimate of drug-likeness (QED) is 0.817. The van der Waals surface area contributed by atoms with Gasteiger partial charge in [0.25, 0.3) is 5.56 Å². The van der Waals surface area contributed by atoms with E-state index >= 15 is 0 Å². The first-order valence-corrected chi connectivity index (χ1v) is 8.70. The molecule has 1 aliphatic carbocycles. The summed E-state index contributed by atoms with van der Waals surface area (Å²) in [5, 5.41) is 13.6. The van der Waals surface area contributed by atoms with Crippen LogP contribution in [0.5, 0.6) is 17.2 Å². The molecule has 1 saturated carbocycles. The Balaban J connectivity index is 1.76. The lowest BCUT2D eigenvalue weighted by Gasteiger charge is -2.18. The van der Waals surface area contributed by atoms with Crippen LogP contribution in [0.4, 0.5) is 0 Å². The highest BCUT2D eigenvalue weighted by Crippen LogP contribution is 2.31. The Kier molecular flexibility index (Phi) is 5.55. The number of carbonyl (C=O) groups is 1. The summed E-state index contributed by atoms with van der Waals surface area (Å²) in [4.78, 5) is 24.0. The van der Waals surface area contributed by atoms with E-state index in [1.807, 2.05) is 0 Å². The number of carboxylic acids is 1. The first-order chi connectivity index (χ1) is 12.6. The summed E-state index contributed by atoms with van der Waals surface area (Å²) in [6.45, 7) is 0. The zero-order chi connectivity index (χ0) is 18.5. The summed E-state index contributed by atoms with van der Waals surface area (Å²) in [7, 11) is 1.57. The van der Waals surface area contributed by atoms with Crippen molar-refractivity contribution >= 4 is 5.97 Å². The molecular formula is C19H22N2O5. The number of benzene rings is 1. The number of carboxylic acid groups (broad SMARTS) is 1. The second-order valence-corrected chi connectivity index (χ2v) is 6.49. The van der Waals surface area contributed by atoms with Gasteiger partial charge in [-0.15, -0.1) is 0 Å². The van der Waals surface area contributed by atoms with Crippen molar-refractivity contribution in [1.29, 1.82) is 0 Å². The van der Waals surface area contributed by atoms with Gasteiger partial charge in [-0.05, 0) is 36.6 Å². The molecule has 1 fully saturated rings. The average molecular weight is 358 g/mol. The van der Waals surface area contributed by atoms with E-state index in [1.165, 1.54) is 12.3 Å². The van der Waals surface area contributed by atoms with Crippen LogP contribution in [-0.2, 0) is 4.79 Å². The molecule has 0 radical (unpaired) electrons. The molecule has 0 saturated heterocycles. The van der Waals surface area contributed by atoms with Crippen molar-refractivity contribution in [3.05, 3.63) is 46.9 Å². The predicted octanol–water partition coefficient (Wildman–Crippen LogP) is 3.25. The predicted molar refractivity (Wildman–Crippen MR) is 94.8 cm³/mol. The number of rotatable bonds is 7. The molecule has 7 heteroatoms. The highest BCUT2D eigenvalue weighted by atomic mass is 16.5. The van der Waals surface area contributed by atoms with Crippen LogP contribution in [0.2, 0.25) is 0 Å². The molecular weight excluding hydrogens is 336 g/mol. The first-order valence-electron chi connectivity index (χ1n) is 8.70. The minimum absolute atomic E-state index is 0.265. The highest BCUT2D eigenvalue weighted by Gasteiger charge is 2.28. The van der Waals surface area contributed by atoms with E-state index < -0.39 is 17.6 Å². The molecule has 26 heavy (non-hydrogen) atoms. The van der Waals surface area contributed by atoms with Crippen molar-refractivity contribution in [3.8, 4) is 17.2 Å². The van der Waals surface area contributed by atoms with Crippen molar-refractivity contribution in [2.75, 3.05) is 7.11 Å². The fourth-order valence-electron chi connectivity index (χ4n) is 3.34. The van der Waals surface area contributed by atoms with E-state index in [1.54, 1.807) is 31.4 Å². The van der Waals surface area contributed by atoms with Crippen LogP contribution >= 0.6 is 0 Å². The molecule has 0 aliphatic heterocycles. The van der Waals surface area contributed by atoms with Gasteiger partial charge in [-0.3, -0.25) is 4.79 Å². The summed E-state index contributed by atoms with van der Waals surface area (Å²) >= 11 is 0. The minimum atomic E-state index is -1.03. The molecule has 1 atom stereocenters. The fraction of sp³-hybridized carbons (Fsp3) is 0.421. The van der Waals surface area contributed by atoms with E-state index in [9.17, 15) is 14.7 Å². The maximum absolute atomic E-state index is 12.4. The highest BCUT2D eigenvalue weighted by molar-refractivity contribution is 5.71. The van der Waals surface area contributed by atoms with Crippen LogP contribution in [0.15, 0.2) is 41.3 Å². The van der Waals surface area contributed by atoms with Gasteiger partial charge in [0.1, 0.15) is 11.5 Å². The fourth-order valence-corrected chi connectivity index (χ4v) is 3.34. The Hall–Kier alpha value is -2.83. The molecule has 1 heterocycles. The van der Waals surface area contributed by atoms with Crippen LogP contribution in [0.1, 0.15) is 38.1 Å². The van der Waals surface area contributed by atoms with Gasteiger partial charge in [0.2, 0.25) is 0 Å². The number of hydrogen-bond acceptors (Lipinski definition) is 5. The molecule has 1 aromatic carbocycles. The number of methoxy groups -OCH3 is 1. The Labute approximate surface area is 151 Å². The summed E-state index contributed by atoms with van der Waals surface area (Å²) in [5.41, 5.74) is -0.485. The molecule has 0 amide bonds. The molecule has 7 nitrogen and oxygen atoms in total. The maximum atomic E-state index is 12.4. The monoisotopic (exact) mass is 358 g/mol. The van der Waals surface area contributed by atoms with Gasteiger partial charge in [0, 0.05) is 6.07 Å². The van der Waals surface area contributed by atoms with Gasteiger partial charge < -0.3 is 14.6 Å². The van der Waals surface area contributed by atoms with E-state index in [4.69, 9.17) is 9.47 Å². The summed E-state index contributed by atoms with van der Waals surface area (Å²) in [5.74, 6) is 0.796. The minimum Gasteiger partial charge on any atom is -0.497 e. The normalized spacial score (nSPS) is 15.6. The van der Waals surface area contributed by atoms with Gasteiger partial charge in [0.05, 0.1) is 13.3 Å². The van der Waals surface area contributed by atoms with E-state index in [2.05, 4.69) is 5.10 Å². The zero-order valence-electron chi connectivity index (χ0n) is 14.6. The van der Waals surface area contributed by atoms with Gasteiger partial charge in [0.15, 0.2) is 11.8 Å². The van der Waals surface area contributed by atoms with Crippen molar-refractivity contribution in [2.45, 2.75) is 38.1 Å². The molecule has 0 bridgehead atoms. The average Bonchev–Trinajstić information content (AvgIpc) is 3.14. The number of aliphatic carboxylic acids is 1. The molecule has 138 valence electrons. The number of hydrogen-bond donors (Lipinski definition) is 1. The van der Waals surface area contributed by atoms with Crippen LogP contribution in [-0.4, -0.2) is 28.0 Å². The molecule has 0 spiro atoms. The lowest BCUT2D eigenvalue weighted by atomic mass is 9.98. The standard InChI is InChI=1S/C19H22N2O5/c1-25-14-6-8-15(9-7-14)26-16-11-18(22)21(20-12-16)17(19(23)24)10-13-4-2-3-5-13/h6-9,11-13,17H,2-5,10H2,1H3,(H,23,24). The van der Waals surface area contributed by atoms with E-state index in [0.29, 0.717) is 23.8 Å². The largest absolute Gasteiger partial charge is 0.497 e. The maximum Gasteiger partial charge on any atom is 0.328 e. The lowest BCUT2D eigenvalue weighted by Crippen LogP contribution is -2.32. The third-order valence-corrected chi connectivity index (χ3v) is 4.71. The van der Waals surface area contributed by atoms with Gasteiger partial charge in [-0.2, -0.15) is 5.10 Å². The third kappa shape index (κ3) is 4.22. The van der Waals surface area contributed by atoms with Crippen LogP contribution in [0.25, 0.3) is 0 Å². The Bertz CT molecular complexity index is 809. The zero-order valence-corrected chi connectivity index (χ0v) is 14.6. The second kappa shape index (κ2) is 8.03.